The average molecular weight is 222 g/mol. The lowest BCUT2D eigenvalue weighted by atomic mass is 9.63. The van der Waals surface area contributed by atoms with Gasteiger partial charge in [-0.1, -0.05) is 24.8 Å². The van der Waals surface area contributed by atoms with Gasteiger partial charge in [0.15, 0.2) is 0 Å². The number of rotatable bonds is 2. The first kappa shape index (κ1) is 11.7. The summed E-state index contributed by atoms with van der Waals surface area (Å²) in [6, 6.07) is 0. The van der Waals surface area contributed by atoms with Gasteiger partial charge >= 0.3 is 5.97 Å². The molecule has 0 amide bonds. The van der Waals surface area contributed by atoms with Crippen molar-refractivity contribution in [1.29, 1.82) is 0 Å². The molecule has 2 aliphatic rings. The van der Waals surface area contributed by atoms with E-state index in [1.54, 1.807) is 6.92 Å². The summed E-state index contributed by atoms with van der Waals surface area (Å²) in [5, 5.41) is 9.14. The number of fused-ring (bicyclic) bond motifs is 1. The molecule has 1 N–H and O–H groups in total. The molecule has 2 atom stereocenters. The van der Waals surface area contributed by atoms with Crippen LogP contribution < -0.4 is 0 Å². The Balaban J connectivity index is 2.36. The van der Waals surface area contributed by atoms with Crippen molar-refractivity contribution < 1.29 is 9.90 Å². The molecule has 0 saturated heterocycles. The summed E-state index contributed by atoms with van der Waals surface area (Å²) < 4.78 is 0. The van der Waals surface area contributed by atoms with Gasteiger partial charge in [-0.15, -0.1) is 0 Å². The molecule has 0 heterocycles. The highest BCUT2D eigenvalue weighted by molar-refractivity contribution is 5.87. The molecule has 2 rings (SSSR count). The topological polar surface area (TPSA) is 37.3 Å². The Kier molecular flexibility index (Phi) is 3.09. The molecular formula is C14H22O2. The molecular weight excluding hydrogens is 200 g/mol. The van der Waals surface area contributed by atoms with Gasteiger partial charge in [-0.05, 0) is 50.9 Å². The van der Waals surface area contributed by atoms with Crippen LogP contribution in [0.5, 0.6) is 0 Å². The fourth-order valence-electron chi connectivity index (χ4n) is 3.94. The Hall–Kier alpha value is -0.790. The summed E-state index contributed by atoms with van der Waals surface area (Å²) >= 11 is 0. The maximum Gasteiger partial charge on any atom is 0.331 e. The summed E-state index contributed by atoms with van der Waals surface area (Å²) in [4.78, 5) is 11.1. The van der Waals surface area contributed by atoms with Crippen LogP contribution in [0.15, 0.2) is 11.1 Å². The van der Waals surface area contributed by atoms with E-state index in [1.807, 2.05) is 0 Å². The van der Waals surface area contributed by atoms with E-state index in [0.29, 0.717) is 5.57 Å². The first-order chi connectivity index (χ1) is 7.58. The van der Waals surface area contributed by atoms with Crippen molar-refractivity contribution in [2.45, 2.75) is 58.8 Å². The van der Waals surface area contributed by atoms with E-state index >= 15 is 0 Å². The Morgan fingerprint density at radius 3 is 2.44 bits per heavy atom. The fraction of sp³-hybridized carbons (Fsp3) is 0.786. The van der Waals surface area contributed by atoms with Gasteiger partial charge in [0.05, 0.1) is 0 Å². The summed E-state index contributed by atoms with van der Waals surface area (Å²) in [5.74, 6) is 0.0265. The van der Waals surface area contributed by atoms with E-state index in [0.717, 1.165) is 5.92 Å². The molecule has 2 saturated carbocycles. The number of allylic oxidation sites excluding steroid dienone is 1. The van der Waals surface area contributed by atoms with Gasteiger partial charge < -0.3 is 5.11 Å². The Morgan fingerprint density at radius 2 is 1.75 bits per heavy atom. The van der Waals surface area contributed by atoms with Crippen molar-refractivity contribution >= 4 is 5.97 Å². The summed E-state index contributed by atoms with van der Waals surface area (Å²) in [5.41, 5.74) is 2.01. The summed E-state index contributed by atoms with van der Waals surface area (Å²) in [7, 11) is 0. The molecule has 0 aliphatic heterocycles. The molecule has 16 heavy (non-hydrogen) atoms. The van der Waals surface area contributed by atoms with Crippen LogP contribution in [0.1, 0.15) is 58.8 Å². The fourth-order valence-corrected chi connectivity index (χ4v) is 3.94. The van der Waals surface area contributed by atoms with Gasteiger partial charge in [0.1, 0.15) is 0 Å². The zero-order chi connectivity index (χ0) is 11.8. The van der Waals surface area contributed by atoms with E-state index in [-0.39, 0.29) is 5.41 Å². The number of hydrogen-bond acceptors (Lipinski definition) is 1. The van der Waals surface area contributed by atoms with Gasteiger partial charge in [0.2, 0.25) is 0 Å². The van der Waals surface area contributed by atoms with Crippen LogP contribution >= 0.6 is 0 Å². The highest BCUT2D eigenvalue weighted by atomic mass is 16.4. The predicted molar refractivity (Wildman–Crippen MR) is 64.3 cm³/mol. The normalized spacial score (nSPS) is 35.5. The monoisotopic (exact) mass is 222 g/mol. The molecule has 0 spiro atoms. The highest BCUT2D eigenvalue weighted by Crippen LogP contribution is 2.56. The molecule has 2 heteroatoms. The van der Waals surface area contributed by atoms with Crippen LogP contribution in [0.4, 0.5) is 0 Å². The smallest absolute Gasteiger partial charge is 0.331 e. The van der Waals surface area contributed by atoms with Gasteiger partial charge in [0.25, 0.3) is 0 Å². The average Bonchev–Trinajstić information content (AvgIpc) is 2.71. The van der Waals surface area contributed by atoms with Gasteiger partial charge in [-0.2, -0.15) is 0 Å². The van der Waals surface area contributed by atoms with Crippen LogP contribution in [0.25, 0.3) is 0 Å². The lowest BCUT2D eigenvalue weighted by Gasteiger charge is -2.41. The number of carboxylic acids is 1. The molecule has 0 aromatic carbocycles. The van der Waals surface area contributed by atoms with Crippen LogP contribution in [0.3, 0.4) is 0 Å². The molecule has 0 aromatic heterocycles. The Morgan fingerprint density at radius 1 is 1.12 bits per heavy atom. The zero-order valence-electron chi connectivity index (χ0n) is 10.4. The third kappa shape index (κ3) is 1.68. The van der Waals surface area contributed by atoms with Crippen molar-refractivity contribution in [3.05, 3.63) is 11.1 Å². The molecule has 0 radical (unpaired) electrons. The zero-order valence-corrected chi connectivity index (χ0v) is 10.4. The van der Waals surface area contributed by atoms with Gasteiger partial charge in [-0.25, -0.2) is 4.79 Å². The molecule has 2 unspecified atom stereocenters. The summed E-state index contributed by atoms with van der Waals surface area (Å²) in [6.45, 7) is 3.84. The predicted octanol–water partition coefficient (Wildman–Crippen LogP) is 3.77. The largest absolute Gasteiger partial charge is 0.478 e. The molecule has 0 bridgehead atoms. The number of carbonyl (C=O) groups is 1. The summed E-state index contributed by atoms with van der Waals surface area (Å²) in [6.07, 6.45) is 8.96. The maximum atomic E-state index is 11.1. The molecule has 0 aromatic rings. The first-order valence-corrected chi connectivity index (χ1v) is 6.49. The minimum atomic E-state index is -0.733. The third-order valence-electron chi connectivity index (χ3n) is 5.01. The Bertz CT molecular complexity index is 330. The van der Waals surface area contributed by atoms with Crippen LogP contribution in [0, 0.1) is 11.3 Å². The Labute approximate surface area is 97.7 Å². The quantitative estimate of drug-likeness (QED) is 0.722. The SMILES string of the molecule is CC(C(=O)O)=C(C)C12CCCCC1CCC2. The molecule has 2 fully saturated rings. The van der Waals surface area contributed by atoms with E-state index < -0.39 is 5.97 Å². The highest BCUT2D eigenvalue weighted by Gasteiger charge is 2.45. The molecule has 90 valence electrons. The lowest BCUT2D eigenvalue weighted by molar-refractivity contribution is -0.132. The van der Waals surface area contributed by atoms with Crippen LogP contribution in [-0.2, 0) is 4.79 Å². The number of carboxylic acid groups (broad SMARTS) is 1. The maximum absolute atomic E-state index is 11.1. The number of aliphatic carboxylic acids is 1. The van der Waals surface area contributed by atoms with E-state index in [1.165, 1.54) is 50.5 Å². The lowest BCUT2D eigenvalue weighted by Crippen LogP contribution is -2.31. The molecule has 2 aliphatic carbocycles. The second-order valence-corrected chi connectivity index (χ2v) is 5.55. The third-order valence-corrected chi connectivity index (χ3v) is 5.01. The standard InChI is InChI=1S/C14H22O2/c1-10(13(15)16)11(2)14-8-4-3-6-12(14)7-5-9-14/h12H,3-9H2,1-2H3,(H,15,16). The van der Waals surface area contributed by atoms with Gasteiger partial charge in [0, 0.05) is 5.57 Å². The van der Waals surface area contributed by atoms with Crippen molar-refractivity contribution in [1.82, 2.24) is 0 Å². The van der Waals surface area contributed by atoms with Crippen molar-refractivity contribution in [3.8, 4) is 0 Å². The van der Waals surface area contributed by atoms with Gasteiger partial charge in [-0.3, -0.25) is 0 Å². The van der Waals surface area contributed by atoms with E-state index in [9.17, 15) is 4.79 Å². The second-order valence-electron chi connectivity index (χ2n) is 5.55. The van der Waals surface area contributed by atoms with E-state index in [2.05, 4.69) is 6.92 Å². The van der Waals surface area contributed by atoms with Crippen molar-refractivity contribution in [2.75, 3.05) is 0 Å². The molecule has 2 nitrogen and oxygen atoms in total. The minimum absolute atomic E-state index is 0.251. The minimum Gasteiger partial charge on any atom is -0.478 e. The second kappa shape index (κ2) is 4.23. The van der Waals surface area contributed by atoms with Crippen LogP contribution in [0.2, 0.25) is 0 Å². The van der Waals surface area contributed by atoms with Crippen molar-refractivity contribution in [3.63, 3.8) is 0 Å². The van der Waals surface area contributed by atoms with Crippen molar-refractivity contribution in [2.24, 2.45) is 11.3 Å². The number of hydrogen-bond donors (Lipinski definition) is 1. The van der Waals surface area contributed by atoms with E-state index in [4.69, 9.17) is 5.11 Å². The van der Waals surface area contributed by atoms with Crippen LogP contribution in [-0.4, -0.2) is 11.1 Å². The first-order valence-electron chi connectivity index (χ1n) is 6.49.